The monoisotopic (exact) mass is 100 g/mol. The fraction of sp³-hybridized carbons (Fsp3) is 0.400. The molecule has 40 valence electrons. The van der Waals surface area contributed by atoms with Gasteiger partial charge in [0, 0.05) is 0 Å². The zero-order chi connectivity index (χ0) is 5.54. The van der Waals surface area contributed by atoms with Gasteiger partial charge in [-0.25, -0.2) is 0 Å². The number of hydrogen-bond donors (Lipinski definition) is 1. The standard InChI is InChI=1S/C5H8O2/c1-7-5-3-2-4-6/h2,5-6H,4H2,1H3. The fourth-order valence-corrected chi connectivity index (χ4v) is 0.169. The van der Waals surface area contributed by atoms with Crippen molar-refractivity contribution in [3.05, 3.63) is 18.1 Å². The molecule has 0 aliphatic heterocycles. The topological polar surface area (TPSA) is 29.5 Å². The summed E-state index contributed by atoms with van der Waals surface area (Å²) in [4.78, 5) is 0. The Kier molecular flexibility index (Phi) is 4.74. The molecule has 0 radical (unpaired) electrons. The van der Waals surface area contributed by atoms with Gasteiger partial charge in [-0.3, -0.25) is 0 Å². The highest BCUT2D eigenvalue weighted by molar-refractivity contribution is 4.77. The van der Waals surface area contributed by atoms with Gasteiger partial charge >= 0.3 is 0 Å². The summed E-state index contributed by atoms with van der Waals surface area (Å²) in [6, 6.07) is 0. The number of methoxy groups -OCH3 is 1. The summed E-state index contributed by atoms with van der Waals surface area (Å²) >= 11 is 0. The van der Waals surface area contributed by atoms with Crippen LogP contribution in [0.25, 0.3) is 0 Å². The van der Waals surface area contributed by atoms with Crippen molar-refractivity contribution in [2.45, 2.75) is 0 Å². The van der Waals surface area contributed by atoms with Gasteiger partial charge in [0.1, 0.15) is 6.26 Å². The van der Waals surface area contributed by atoms with Crippen LogP contribution in [0.15, 0.2) is 18.1 Å². The van der Waals surface area contributed by atoms with E-state index in [0.717, 1.165) is 0 Å². The third-order valence-electron chi connectivity index (χ3n) is 0.395. The summed E-state index contributed by atoms with van der Waals surface area (Å²) in [6.07, 6.45) is 2.83. The first-order valence-electron chi connectivity index (χ1n) is 1.95. The van der Waals surface area contributed by atoms with Crippen molar-refractivity contribution in [3.63, 3.8) is 0 Å². The molecule has 0 fully saturated rings. The number of aliphatic hydroxyl groups is 1. The molecule has 2 nitrogen and oxygen atoms in total. The zero-order valence-corrected chi connectivity index (χ0v) is 4.22. The fourth-order valence-electron chi connectivity index (χ4n) is 0.169. The van der Waals surface area contributed by atoms with Crippen molar-refractivity contribution >= 4 is 0 Å². The third-order valence-corrected chi connectivity index (χ3v) is 0.395. The Morgan fingerprint density at radius 3 is 3.00 bits per heavy atom. The van der Waals surface area contributed by atoms with Crippen molar-refractivity contribution < 1.29 is 9.84 Å². The molecule has 2 heteroatoms. The molecule has 0 saturated heterocycles. The van der Waals surface area contributed by atoms with Crippen LogP contribution in [0.1, 0.15) is 0 Å². The maximum Gasteiger partial charge on any atom is 0.124 e. The van der Waals surface area contributed by atoms with Gasteiger partial charge in [0.2, 0.25) is 0 Å². The van der Waals surface area contributed by atoms with Crippen LogP contribution in [-0.2, 0) is 4.74 Å². The van der Waals surface area contributed by atoms with E-state index in [1.807, 2.05) is 0 Å². The molecule has 0 unspecified atom stereocenters. The molecule has 0 bridgehead atoms. The lowest BCUT2D eigenvalue weighted by Crippen LogP contribution is -1.66. The number of aliphatic hydroxyl groups excluding tert-OH is 1. The summed E-state index contributed by atoms with van der Waals surface area (Å²) in [6.45, 7) is 0.0137. The van der Waals surface area contributed by atoms with Crippen LogP contribution in [-0.4, -0.2) is 18.8 Å². The number of ether oxygens (including phenoxy) is 1. The van der Waals surface area contributed by atoms with Crippen molar-refractivity contribution in [1.82, 2.24) is 0 Å². The van der Waals surface area contributed by atoms with Gasteiger partial charge in [-0.2, -0.15) is 0 Å². The minimum Gasteiger partial charge on any atom is -0.496 e. The van der Waals surface area contributed by atoms with E-state index in [4.69, 9.17) is 5.11 Å². The molecule has 0 heterocycles. The molecule has 0 spiro atoms. The van der Waals surface area contributed by atoms with Gasteiger partial charge in [0.25, 0.3) is 0 Å². The predicted octanol–water partition coefficient (Wildman–Crippen LogP) is 0.294. The first-order valence-corrected chi connectivity index (χ1v) is 1.95. The Morgan fingerprint density at radius 2 is 2.57 bits per heavy atom. The van der Waals surface area contributed by atoms with E-state index in [-0.39, 0.29) is 6.61 Å². The van der Waals surface area contributed by atoms with E-state index < -0.39 is 0 Å². The van der Waals surface area contributed by atoms with Gasteiger partial charge in [0.15, 0.2) is 0 Å². The van der Waals surface area contributed by atoms with Gasteiger partial charge in [-0.05, 0) is 6.08 Å². The Labute approximate surface area is 42.7 Å². The van der Waals surface area contributed by atoms with Gasteiger partial charge < -0.3 is 9.84 Å². The van der Waals surface area contributed by atoms with E-state index in [1.165, 1.54) is 19.4 Å². The summed E-state index contributed by atoms with van der Waals surface area (Å²) in [5.74, 6) is 0. The Bertz CT molecular complexity index is 72.1. The molecule has 0 aromatic carbocycles. The maximum atomic E-state index is 8.10. The lowest BCUT2D eigenvalue weighted by molar-refractivity contribution is 0.334. The minimum atomic E-state index is 0.0137. The molecule has 1 N–H and O–H groups in total. The van der Waals surface area contributed by atoms with Crippen LogP contribution in [0.4, 0.5) is 0 Å². The highest BCUT2D eigenvalue weighted by Gasteiger charge is 1.56. The SMILES string of the molecule is COC=C=CCO. The van der Waals surface area contributed by atoms with Crippen LogP contribution < -0.4 is 0 Å². The molecule has 0 aromatic rings. The Hall–Kier alpha value is -0.720. The second-order valence-corrected chi connectivity index (χ2v) is 0.907. The number of hydrogen-bond acceptors (Lipinski definition) is 2. The van der Waals surface area contributed by atoms with Gasteiger partial charge in [0.05, 0.1) is 13.7 Å². The lowest BCUT2D eigenvalue weighted by Gasteiger charge is -1.75. The molecule has 0 aromatic heterocycles. The summed E-state index contributed by atoms with van der Waals surface area (Å²) in [7, 11) is 1.53. The lowest BCUT2D eigenvalue weighted by atomic mass is 10.6. The molecule has 0 amide bonds. The quantitative estimate of drug-likeness (QED) is 0.399. The van der Waals surface area contributed by atoms with Gasteiger partial charge in [-0.1, -0.05) is 5.73 Å². The molecular weight excluding hydrogens is 92.1 g/mol. The first-order chi connectivity index (χ1) is 3.41. The van der Waals surface area contributed by atoms with E-state index >= 15 is 0 Å². The molecule has 0 aliphatic carbocycles. The molecule has 0 atom stereocenters. The predicted molar refractivity (Wildman–Crippen MR) is 26.7 cm³/mol. The minimum absolute atomic E-state index is 0.0137. The Morgan fingerprint density at radius 1 is 1.86 bits per heavy atom. The number of rotatable bonds is 2. The van der Waals surface area contributed by atoms with Crippen LogP contribution in [0, 0.1) is 0 Å². The van der Waals surface area contributed by atoms with Crippen LogP contribution >= 0.6 is 0 Å². The van der Waals surface area contributed by atoms with E-state index in [1.54, 1.807) is 0 Å². The van der Waals surface area contributed by atoms with Crippen LogP contribution in [0.5, 0.6) is 0 Å². The molecule has 7 heavy (non-hydrogen) atoms. The average Bonchev–Trinajstić information content (AvgIpc) is 1.69. The first kappa shape index (κ1) is 6.28. The average molecular weight is 100 g/mol. The highest BCUT2D eigenvalue weighted by atomic mass is 16.5. The van der Waals surface area contributed by atoms with Crippen molar-refractivity contribution in [1.29, 1.82) is 0 Å². The van der Waals surface area contributed by atoms with E-state index in [2.05, 4.69) is 10.5 Å². The third kappa shape index (κ3) is 5.28. The summed E-state index contributed by atoms with van der Waals surface area (Å²) < 4.78 is 4.47. The maximum absolute atomic E-state index is 8.10. The molecule has 0 saturated carbocycles. The van der Waals surface area contributed by atoms with Crippen LogP contribution in [0.3, 0.4) is 0 Å². The smallest absolute Gasteiger partial charge is 0.124 e. The second kappa shape index (κ2) is 5.28. The van der Waals surface area contributed by atoms with Crippen molar-refractivity contribution in [2.75, 3.05) is 13.7 Å². The Balaban J connectivity index is 3.21. The normalized spacial score (nSPS) is 6.57. The molecular formula is C5H8O2. The van der Waals surface area contributed by atoms with E-state index in [0.29, 0.717) is 0 Å². The van der Waals surface area contributed by atoms with Crippen molar-refractivity contribution in [2.24, 2.45) is 0 Å². The second-order valence-electron chi connectivity index (χ2n) is 0.907. The molecule has 0 rings (SSSR count). The van der Waals surface area contributed by atoms with Gasteiger partial charge in [-0.15, -0.1) is 0 Å². The summed E-state index contributed by atoms with van der Waals surface area (Å²) in [5, 5.41) is 8.10. The molecule has 0 aliphatic rings. The van der Waals surface area contributed by atoms with E-state index in [9.17, 15) is 0 Å². The van der Waals surface area contributed by atoms with Crippen molar-refractivity contribution in [3.8, 4) is 0 Å². The largest absolute Gasteiger partial charge is 0.496 e. The summed E-state index contributed by atoms with van der Waals surface area (Å²) in [5.41, 5.74) is 2.56. The van der Waals surface area contributed by atoms with Crippen LogP contribution in [0.2, 0.25) is 0 Å². The highest BCUT2D eigenvalue weighted by Crippen LogP contribution is 1.64. The zero-order valence-electron chi connectivity index (χ0n) is 4.22.